The van der Waals surface area contributed by atoms with Gasteiger partial charge in [-0.2, -0.15) is 0 Å². The van der Waals surface area contributed by atoms with Crippen LogP contribution in [0.1, 0.15) is 0 Å². The van der Waals surface area contributed by atoms with Crippen LogP contribution < -0.4 is 0 Å². The molecular formula is C4H6OS. The van der Waals surface area contributed by atoms with Gasteiger partial charge in [-0.1, -0.05) is 6.58 Å². The maximum atomic E-state index is 10.00. The lowest BCUT2D eigenvalue weighted by Gasteiger charge is -1.66. The molecule has 0 heterocycles. The third kappa shape index (κ3) is 3.67. The van der Waals surface area contributed by atoms with E-state index < -0.39 is 10.8 Å². The van der Waals surface area contributed by atoms with Crippen molar-refractivity contribution < 1.29 is 4.21 Å². The van der Waals surface area contributed by atoms with Gasteiger partial charge in [0, 0.05) is 11.7 Å². The summed E-state index contributed by atoms with van der Waals surface area (Å²) in [5.74, 6) is 0. The van der Waals surface area contributed by atoms with E-state index in [-0.39, 0.29) is 0 Å². The minimum atomic E-state index is -0.864. The van der Waals surface area contributed by atoms with Crippen molar-refractivity contribution in [1.29, 1.82) is 0 Å². The number of hydrogen-bond acceptors (Lipinski definition) is 1. The van der Waals surface area contributed by atoms with Crippen molar-refractivity contribution in [2.45, 2.75) is 0 Å². The summed E-state index contributed by atoms with van der Waals surface area (Å²) in [5.41, 5.74) is 2.39. The van der Waals surface area contributed by atoms with Gasteiger partial charge >= 0.3 is 0 Å². The largest absolute Gasteiger partial charge is 0.255 e. The first kappa shape index (κ1) is 5.67. The van der Waals surface area contributed by atoms with Gasteiger partial charge in [-0.05, 0) is 0 Å². The molecule has 0 amide bonds. The molecule has 0 aliphatic rings. The molecule has 6 heavy (non-hydrogen) atoms. The number of hydrogen-bond donors (Lipinski definition) is 0. The highest BCUT2D eigenvalue weighted by Crippen LogP contribution is 1.68. The summed E-state index contributed by atoms with van der Waals surface area (Å²) in [6.45, 7) is 3.23. The van der Waals surface area contributed by atoms with Gasteiger partial charge in [0.2, 0.25) is 0 Å². The van der Waals surface area contributed by atoms with Crippen molar-refractivity contribution in [3.63, 3.8) is 0 Å². The van der Waals surface area contributed by atoms with Gasteiger partial charge in [0.25, 0.3) is 0 Å². The van der Waals surface area contributed by atoms with Crippen molar-refractivity contribution >= 4 is 10.8 Å². The second kappa shape index (κ2) is 2.88. The molecule has 0 N–H and O–H groups in total. The maximum Gasteiger partial charge on any atom is 0.0502 e. The summed E-state index contributed by atoms with van der Waals surface area (Å²) in [7, 11) is -0.864. The molecule has 0 bridgehead atoms. The van der Waals surface area contributed by atoms with Crippen LogP contribution in [-0.2, 0) is 10.8 Å². The summed E-state index contributed by atoms with van der Waals surface area (Å²) in [5, 5.41) is 1.40. The van der Waals surface area contributed by atoms with Crippen LogP contribution in [0.5, 0.6) is 0 Å². The van der Waals surface area contributed by atoms with Crippen LogP contribution in [0.15, 0.2) is 17.7 Å². The van der Waals surface area contributed by atoms with Crippen LogP contribution in [-0.4, -0.2) is 10.5 Å². The Bertz CT molecular complexity index is 100. The van der Waals surface area contributed by atoms with Crippen LogP contribution in [0.2, 0.25) is 0 Å². The summed E-state index contributed by atoms with van der Waals surface area (Å²) in [6, 6.07) is 0. The van der Waals surface area contributed by atoms with E-state index in [0.29, 0.717) is 0 Å². The predicted octanol–water partition coefficient (Wildman–Crippen LogP) is 0.663. The van der Waals surface area contributed by atoms with Crippen molar-refractivity contribution in [3.8, 4) is 0 Å². The molecule has 1 nitrogen and oxygen atoms in total. The normalized spacial score (nSPS) is 12.2. The zero-order valence-corrected chi connectivity index (χ0v) is 4.42. The molecule has 0 aliphatic carbocycles. The Morgan fingerprint density at radius 2 is 2.50 bits per heavy atom. The molecule has 0 aromatic carbocycles. The zero-order valence-electron chi connectivity index (χ0n) is 3.60. The fourth-order valence-electron chi connectivity index (χ4n) is 0.117. The average molecular weight is 102 g/mol. The van der Waals surface area contributed by atoms with Gasteiger partial charge in [0.05, 0.1) is 10.8 Å². The first-order valence-electron chi connectivity index (χ1n) is 1.45. The Morgan fingerprint density at radius 1 is 2.00 bits per heavy atom. The topological polar surface area (TPSA) is 17.1 Å². The molecule has 34 valence electrons. The molecule has 0 saturated carbocycles. The molecule has 0 spiro atoms. The lowest BCUT2D eigenvalue weighted by Crippen LogP contribution is -1.69. The zero-order chi connectivity index (χ0) is 4.99. The van der Waals surface area contributed by atoms with Gasteiger partial charge < -0.3 is 0 Å². The van der Waals surface area contributed by atoms with E-state index in [1.54, 1.807) is 6.26 Å². The summed E-state index contributed by atoms with van der Waals surface area (Å²) >= 11 is 0. The molecule has 0 fully saturated rings. The molecule has 0 saturated heterocycles. The molecule has 1 atom stereocenters. The van der Waals surface area contributed by atoms with Gasteiger partial charge in [-0.25, -0.2) is 0 Å². The number of rotatable bonds is 1. The molecule has 0 aromatic heterocycles. The standard InChI is InChI=1S/C4H6OS/c1-3-4-6(2)5/h4H,1H2,2H3. The highest BCUT2D eigenvalue weighted by molar-refractivity contribution is 7.87. The van der Waals surface area contributed by atoms with Crippen LogP contribution >= 0.6 is 0 Å². The van der Waals surface area contributed by atoms with Crippen molar-refractivity contribution in [1.82, 2.24) is 0 Å². The summed E-state index contributed by atoms with van der Waals surface area (Å²) in [6.07, 6.45) is 1.57. The Hall–Kier alpha value is -0.330. The van der Waals surface area contributed by atoms with Crippen LogP contribution in [0.25, 0.3) is 0 Å². The Morgan fingerprint density at radius 3 is 2.50 bits per heavy atom. The first-order valence-corrected chi connectivity index (χ1v) is 3.07. The molecule has 1 unspecified atom stereocenters. The molecule has 0 rings (SSSR count). The molecule has 0 radical (unpaired) electrons. The third-order valence-corrected chi connectivity index (χ3v) is 0.748. The van der Waals surface area contributed by atoms with Crippen molar-refractivity contribution in [3.05, 3.63) is 17.7 Å². The van der Waals surface area contributed by atoms with Crippen LogP contribution in [0.3, 0.4) is 0 Å². The van der Waals surface area contributed by atoms with Crippen molar-refractivity contribution in [2.75, 3.05) is 6.26 Å². The highest BCUT2D eigenvalue weighted by atomic mass is 32.2. The van der Waals surface area contributed by atoms with Gasteiger partial charge in [-0.3, -0.25) is 4.21 Å². The van der Waals surface area contributed by atoms with Crippen LogP contribution in [0, 0.1) is 0 Å². The van der Waals surface area contributed by atoms with E-state index in [0.717, 1.165) is 0 Å². The Balaban J connectivity index is 3.60. The Labute approximate surface area is 39.8 Å². The fourth-order valence-corrected chi connectivity index (χ4v) is 0.352. The minimum Gasteiger partial charge on any atom is -0.255 e. The maximum absolute atomic E-state index is 10.00. The van der Waals surface area contributed by atoms with E-state index in [4.69, 9.17) is 0 Å². The predicted molar refractivity (Wildman–Crippen MR) is 27.8 cm³/mol. The molecule has 2 heteroatoms. The molecule has 0 aliphatic heterocycles. The highest BCUT2D eigenvalue weighted by Gasteiger charge is 1.68. The first-order chi connectivity index (χ1) is 2.77. The summed E-state index contributed by atoms with van der Waals surface area (Å²) in [4.78, 5) is 0. The van der Waals surface area contributed by atoms with E-state index in [1.807, 2.05) is 0 Å². The van der Waals surface area contributed by atoms with E-state index >= 15 is 0 Å². The van der Waals surface area contributed by atoms with Crippen LogP contribution in [0.4, 0.5) is 0 Å². The molecular weight excluding hydrogens is 96.1 g/mol. The van der Waals surface area contributed by atoms with Crippen molar-refractivity contribution in [2.24, 2.45) is 0 Å². The van der Waals surface area contributed by atoms with Gasteiger partial charge in [0.1, 0.15) is 0 Å². The quantitative estimate of drug-likeness (QED) is 0.444. The van der Waals surface area contributed by atoms with E-state index in [2.05, 4.69) is 12.3 Å². The second-order valence-corrected chi connectivity index (χ2v) is 2.05. The lowest BCUT2D eigenvalue weighted by atomic mass is 11.0. The SMILES string of the molecule is C=C=CS(C)=O. The lowest BCUT2D eigenvalue weighted by molar-refractivity contribution is 0.692. The average Bonchev–Trinajstić information content (AvgIpc) is 1.35. The second-order valence-electron chi connectivity index (χ2n) is 0.821. The molecule has 0 aromatic rings. The fraction of sp³-hybridized carbons (Fsp3) is 0.250. The van der Waals surface area contributed by atoms with E-state index in [9.17, 15) is 4.21 Å². The summed E-state index contributed by atoms with van der Waals surface area (Å²) < 4.78 is 10.00. The van der Waals surface area contributed by atoms with E-state index in [1.165, 1.54) is 5.41 Å². The smallest absolute Gasteiger partial charge is 0.0502 e. The van der Waals surface area contributed by atoms with Gasteiger partial charge in [0.15, 0.2) is 0 Å². The third-order valence-electron chi connectivity index (χ3n) is 0.249. The monoisotopic (exact) mass is 102 g/mol. The van der Waals surface area contributed by atoms with Gasteiger partial charge in [-0.15, -0.1) is 5.73 Å². The Kier molecular flexibility index (Phi) is 2.73. The minimum absolute atomic E-state index is 0.864.